The van der Waals surface area contributed by atoms with E-state index in [1.807, 2.05) is 0 Å². The molecule has 0 fully saturated rings. The molecule has 0 aliphatic rings. The van der Waals surface area contributed by atoms with Gasteiger partial charge in [-0.15, -0.1) is 0 Å². The highest BCUT2D eigenvalue weighted by atomic mass is 35.5. The molecule has 0 radical (unpaired) electrons. The average Bonchev–Trinajstić information content (AvgIpc) is 2.76. The molecular weight excluding hydrogens is 489 g/mol. The van der Waals surface area contributed by atoms with E-state index in [1.54, 1.807) is 66.7 Å². The van der Waals surface area contributed by atoms with Crippen molar-refractivity contribution >= 4 is 61.3 Å². The summed E-state index contributed by atoms with van der Waals surface area (Å²) in [7, 11) is -3.28. The van der Waals surface area contributed by atoms with Crippen molar-refractivity contribution in [2.75, 3.05) is 6.26 Å². The first kappa shape index (κ1) is 22.7. The maximum atomic E-state index is 12.9. The van der Waals surface area contributed by atoms with Crippen LogP contribution in [0.4, 0.5) is 0 Å². The molecule has 32 heavy (non-hydrogen) atoms. The maximum absolute atomic E-state index is 12.9. The summed E-state index contributed by atoms with van der Waals surface area (Å²) in [5.41, 5.74) is 2.98. The van der Waals surface area contributed by atoms with Gasteiger partial charge in [-0.1, -0.05) is 46.9 Å². The van der Waals surface area contributed by atoms with Crippen LogP contribution in [-0.2, 0) is 16.3 Å². The van der Waals surface area contributed by atoms with Gasteiger partial charge in [0.15, 0.2) is 15.6 Å². The number of aromatic nitrogens is 1. The summed E-state index contributed by atoms with van der Waals surface area (Å²) in [5.74, 6) is -0.160. The number of hydrogen-bond acceptors (Lipinski definition) is 4. The number of carbonyl (C=O) groups excluding carboxylic acids is 1. The van der Waals surface area contributed by atoms with Crippen molar-refractivity contribution in [1.29, 1.82) is 0 Å². The molecule has 0 aliphatic heterocycles. The predicted octanol–water partition coefficient (Wildman–Crippen LogP) is 6.42. The summed E-state index contributed by atoms with van der Waals surface area (Å²) in [6.07, 6.45) is 1.52. The number of fused-ring (bicyclic) bond motifs is 1. The topological polar surface area (TPSA) is 64.1 Å². The van der Waals surface area contributed by atoms with E-state index in [9.17, 15) is 13.2 Å². The third-order valence-electron chi connectivity index (χ3n) is 5.07. The maximum Gasteiger partial charge on any atom is 0.193 e. The first-order chi connectivity index (χ1) is 15.1. The molecule has 0 N–H and O–H groups in total. The van der Waals surface area contributed by atoms with Crippen LogP contribution in [0.3, 0.4) is 0 Å². The van der Waals surface area contributed by atoms with Gasteiger partial charge in [0.1, 0.15) is 5.15 Å². The number of ketones is 1. The van der Waals surface area contributed by atoms with Crippen molar-refractivity contribution in [2.45, 2.75) is 11.3 Å². The Morgan fingerprint density at radius 2 is 1.50 bits per heavy atom. The minimum Gasteiger partial charge on any atom is -0.289 e. The van der Waals surface area contributed by atoms with Crippen LogP contribution in [0.25, 0.3) is 10.9 Å². The standard InChI is InChI=1S/C24H16Cl3NO3S/c1-32(30,31)18-9-2-14(3-10-18)12-20-22(26)19-13-16(6-11-21(19)28-24(20)27)23(29)15-4-7-17(25)8-5-15/h2-11,13H,12H2,1H3. The fraction of sp³-hybridized carbons (Fsp3) is 0.0833. The molecule has 8 heteroatoms. The zero-order valence-corrected chi connectivity index (χ0v) is 19.9. The van der Waals surface area contributed by atoms with Crippen LogP contribution < -0.4 is 0 Å². The largest absolute Gasteiger partial charge is 0.289 e. The van der Waals surface area contributed by atoms with E-state index >= 15 is 0 Å². The van der Waals surface area contributed by atoms with E-state index in [0.29, 0.717) is 44.1 Å². The molecule has 4 aromatic rings. The summed E-state index contributed by atoms with van der Waals surface area (Å²) in [6.45, 7) is 0. The number of nitrogens with zero attached hydrogens (tertiary/aromatic N) is 1. The molecule has 0 saturated heterocycles. The van der Waals surface area contributed by atoms with E-state index < -0.39 is 9.84 Å². The zero-order valence-electron chi connectivity index (χ0n) is 16.8. The summed E-state index contributed by atoms with van der Waals surface area (Å²) in [5, 5.41) is 1.82. The van der Waals surface area contributed by atoms with Crippen LogP contribution in [0.15, 0.2) is 71.6 Å². The Bertz CT molecular complexity index is 1450. The summed E-state index contributed by atoms with van der Waals surface area (Å²) in [4.78, 5) is 17.6. The van der Waals surface area contributed by atoms with E-state index in [4.69, 9.17) is 34.8 Å². The van der Waals surface area contributed by atoms with Crippen molar-refractivity contribution in [2.24, 2.45) is 0 Å². The molecule has 0 unspecified atom stereocenters. The highest BCUT2D eigenvalue weighted by Gasteiger charge is 2.17. The lowest BCUT2D eigenvalue weighted by molar-refractivity contribution is 0.103. The Morgan fingerprint density at radius 3 is 2.12 bits per heavy atom. The first-order valence-corrected chi connectivity index (χ1v) is 12.5. The third kappa shape index (κ3) is 4.66. The number of benzene rings is 3. The van der Waals surface area contributed by atoms with Crippen LogP contribution in [0.1, 0.15) is 27.0 Å². The molecule has 0 atom stereocenters. The highest BCUT2D eigenvalue weighted by molar-refractivity contribution is 7.90. The Hall–Kier alpha value is -2.44. The summed E-state index contributed by atoms with van der Waals surface area (Å²) < 4.78 is 23.4. The smallest absolute Gasteiger partial charge is 0.193 e. The molecule has 0 bridgehead atoms. The number of sulfone groups is 1. The monoisotopic (exact) mass is 503 g/mol. The molecule has 0 saturated carbocycles. The number of pyridine rings is 1. The molecular formula is C24H16Cl3NO3S. The van der Waals surface area contributed by atoms with Crippen LogP contribution >= 0.6 is 34.8 Å². The van der Waals surface area contributed by atoms with Crippen molar-refractivity contribution in [3.8, 4) is 0 Å². The fourth-order valence-corrected chi connectivity index (χ4v) is 4.72. The van der Waals surface area contributed by atoms with Gasteiger partial charge in [0.05, 0.1) is 15.4 Å². The van der Waals surface area contributed by atoms with Crippen LogP contribution in [0.2, 0.25) is 15.2 Å². The second-order valence-corrected chi connectivity index (χ2v) is 10.5. The lowest BCUT2D eigenvalue weighted by Gasteiger charge is -2.11. The van der Waals surface area contributed by atoms with E-state index in [1.165, 1.54) is 0 Å². The second-order valence-electron chi connectivity index (χ2n) is 7.36. The molecule has 1 aromatic heterocycles. The third-order valence-corrected chi connectivity index (χ3v) is 7.19. The van der Waals surface area contributed by atoms with Crippen LogP contribution in [0.5, 0.6) is 0 Å². The molecule has 0 spiro atoms. The van der Waals surface area contributed by atoms with E-state index in [2.05, 4.69) is 4.98 Å². The Labute approximate surface area is 200 Å². The van der Waals surface area contributed by atoms with Gasteiger partial charge in [-0.05, 0) is 60.2 Å². The molecule has 0 amide bonds. The molecule has 0 aliphatic carbocycles. The van der Waals surface area contributed by atoms with Gasteiger partial charge in [0.2, 0.25) is 0 Å². The lowest BCUT2D eigenvalue weighted by atomic mass is 9.99. The van der Waals surface area contributed by atoms with Crippen LogP contribution in [0, 0.1) is 0 Å². The predicted molar refractivity (Wildman–Crippen MR) is 129 cm³/mol. The van der Waals surface area contributed by atoms with Gasteiger partial charge in [-0.25, -0.2) is 13.4 Å². The lowest BCUT2D eigenvalue weighted by Crippen LogP contribution is -2.02. The van der Waals surface area contributed by atoms with Crippen molar-refractivity contribution < 1.29 is 13.2 Å². The van der Waals surface area contributed by atoms with E-state index in [-0.39, 0.29) is 15.8 Å². The van der Waals surface area contributed by atoms with Crippen molar-refractivity contribution in [3.05, 3.63) is 104 Å². The van der Waals surface area contributed by atoms with Gasteiger partial charge in [0.25, 0.3) is 0 Å². The van der Waals surface area contributed by atoms with Gasteiger partial charge in [0, 0.05) is 39.8 Å². The van der Waals surface area contributed by atoms with Gasteiger partial charge >= 0.3 is 0 Å². The minimum absolute atomic E-state index is 0.160. The number of halogens is 3. The molecule has 4 rings (SSSR count). The average molecular weight is 505 g/mol. The highest BCUT2D eigenvalue weighted by Crippen LogP contribution is 2.33. The number of rotatable bonds is 5. The van der Waals surface area contributed by atoms with Gasteiger partial charge < -0.3 is 0 Å². The Balaban J connectivity index is 1.72. The normalized spacial score (nSPS) is 11.6. The van der Waals surface area contributed by atoms with Gasteiger partial charge in [-0.3, -0.25) is 4.79 Å². The molecule has 3 aromatic carbocycles. The SMILES string of the molecule is CS(=O)(=O)c1ccc(Cc2c(Cl)nc3ccc(C(=O)c4ccc(Cl)cc4)cc3c2Cl)cc1. The molecule has 162 valence electrons. The second kappa shape index (κ2) is 8.83. The summed E-state index contributed by atoms with van der Waals surface area (Å²) >= 11 is 19.0. The van der Waals surface area contributed by atoms with Crippen molar-refractivity contribution in [1.82, 2.24) is 4.98 Å². The van der Waals surface area contributed by atoms with Crippen LogP contribution in [-0.4, -0.2) is 25.4 Å². The zero-order chi connectivity index (χ0) is 23.0. The first-order valence-electron chi connectivity index (χ1n) is 9.50. The minimum atomic E-state index is -3.28. The van der Waals surface area contributed by atoms with E-state index in [0.717, 1.165) is 11.8 Å². The van der Waals surface area contributed by atoms with Gasteiger partial charge in [-0.2, -0.15) is 0 Å². The number of carbonyl (C=O) groups is 1. The summed E-state index contributed by atoms with van der Waals surface area (Å²) in [6, 6.07) is 18.3. The Kier molecular flexibility index (Phi) is 6.28. The molecule has 1 heterocycles. The number of hydrogen-bond donors (Lipinski definition) is 0. The van der Waals surface area contributed by atoms with Crippen molar-refractivity contribution in [3.63, 3.8) is 0 Å². The fourth-order valence-electron chi connectivity index (χ4n) is 3.35. The molecule has 4 nitrogen and oxygen atoms in total. The Morgan fingerprint density at radius 1 is 0.875 bits per heavy atom. The quantitative estimate of drug-likeness (QED) is 0.232.